The molecule has 0 saturated carbocycles. The van der Waals surface area contributed by atoms with Gasteiger partial charge in [0.15, 0.2) is 0 Å². The Morgan fingerprint density at radius 3 is 2.16 bits per heavy atom. The van der Waals surface area contributed by atoms with E-state index >= 15 is 0 Å². The first-order valence-electron chi connectivity index (χ1n) is 11.0. The average molecular weight is 439 g/mol. The zero-order valence-corrected chi connectivity index (χ0v) is 18.1. The van der Waals surface area contributed by atoms with Crippen LogP contribution in [0.3, 0.4) is 0 Å². The van der Waals surface area contributed by atoms with Crippen LogP contribution in [0.4, 0.5) is 26.2 Å². The number of amides is 4. The van der Waals surface area contributed by atoms with Crippen molar-refractivity contribution in [2.45, 2.75) is 38.6 Å². The van der Waals surface area contributed by atoms with Crippen molar-refractivity contribution in [2.24, 2.45) is 0 Å². The second kappa shape index (κ2) is 9.38. The van der Waals surface area contributed by atoms with E-state index in [0.29, 0.717) is 11.4 Å². The lowest BCUT2D eigenvalue weighted by Gasteiger charge is -2.23. The van der Waals surface area contributed by atoms with E-state index in [0.717, 1.165) is 23.7 Å². The first-order valence-corrected chi connectivity index (χ1v) is 11.0. The van der Waals surface area contributed by atoms with Gasteiger partial charge in [0, 0.05) is 30.2 Å². The molecule has 0 spiro atoms. The van der Waals surface area contributed by atoms with Gasteiger partial charge in [0.1, 0.15) is 18.4 Å². The summed E-state index contributed by atoms with van der Waals surface area (Å²) in [6, 6.07) is 11.6. The van der Waals surface area contributed by atoms with Crippen molar-refractivity contribution < 1.29 is 18.8 Å². The Bertz CT molecular complexity index is 985. The highest BCUT2D eigenvalue weighted by Gasteiger charge is 2.44. The molecule has 2 saturated heterocycles. The molecule has 32 heavy (non-hydrogen) atoms. The molecule has 0 bridgehead atoms. The van der Waals surface area contributed by atoms with Gasteiger partial charge in [0.25, 0.3) is 5.91 Å². The van der Waals surface area contributed by atoms with E-state index in [-0.39, 0.29) is 6.54 Å². The van der Waals surface area contributed by atoms with Gasteiger partial charge >= 0.3 is 6.03 Å². The maximum absolute atomic E-state index is 13.2. The number of hydrogen-bond donors (Lipinski definition) is 1. The second-order valence-electron chi connectivity index (χ2n) is 8.23. The molecule has 0 radical (unpaired) electrons. The van der Waals surface area contributed by atoms with Gasteiger partial charge in [0.2, 0.25) is 5.91 Å². The molecule has 8 heteroatoms. The van der Waals surface area contributed by atoms with Crippen LogP contribution in [0.15, 0.2) is 48.5 Å². The lowest BCUT2D eigenvalue weighted by atomic mass is 10.2. The van der Waals surface area contributed by atoms with Crippen LogP contribution in [-0.2, 0) is 9.59 Å². The Hall–Kier alpha value is -3.42. The normalized spacial score (nSPS) is 19.3. The van der Waals surface area contributed by atoms with Gasteiger partial charge in [0.05, 0.1) is 0 Å². The molecule has 7 nitrogen and oxygen atoms in total. The van der Waals surface area contributed by atoms with Crippen LogP contribution in [-0.4, -0.2) is 48.4 Å². The highest BCUT2D eigenvalue weighted by atomic mass is 19.1. The number of imide groups is 1. The summed E-state index contributed by atoms with van der Waals surface area (Å²) in [7, 11) is 0. The van der Waals surface area contributed by atoms with Gasteiger partial charge in [-0.2, -0.15) is 0 Å². The van der Waals surface area contributed by atoms with Crippen LogP contribution < -0.4 is 15.1 Å². The molecule has 4 rings (SSSR count). The van der Waals surface area contributed by atoms with Crippen molar-refractivity contribution in [3.05, 3.63) is 54.3 Å². The van der Waals surface area contributed by atoms with Crippen molar-refractivity contribution in [3.8, 4) is 0 Å². The molecule has 0 aliphatic carbocycles. The number of anilines is 3. The first kappa shape index (κ1) is 21.8. The number of nitrogens with one attached hydrogen (secondary N) is 1. The molecule has 2 aliphatic heterocycles. The van der Waals surface area contributed by atoms with E-state index in [1.807, 2.05) is 24.3 Å². The van der Waals surface area contributed by atoms with Crippen LogP contribution in [0.5, 0.6) is 0 Å². The van der Waals surface area contributed by atoms with Gasteiger partial charge in [-0.1, -0.05) is 12.8 Å². The minimum Gasteiger partial charge on any atom is -0.372 e. The molecule has 1 unspecified atom stereocenters. The average Bonchev–Trinajstić information content (AvgIpc) is 2.99. The van der Waals surface area contributed by atoms with Crippen LogP contribution in [0.1, 0.15) is 32.6 Å². The smallest absolute Gasteiger partial charge is 0.332 e. The molecule has 1 atom stereocenters. The molecular weight excluding hydrogens is 411 g/mol. The SMILES string of the molecule is CC1C(=O)N(CC(=O)Nc2ccc(N3CCCCCC3)cc2)C(=O)N1c1ccc(F)cc1. The van der Waals surface area contributed by atoms with Crippen LogP contribution in [0.2, 0.25) is 0 Å². The van der Waals surface area contributed by atoms with E-state index < -0.39 is 29.7 Å². The number of halogens is 1. The summed E-state index contributed by atoms with van der Waals surface area (Å²) in [6.07, 6.45) is 4.89. The van der Waals surface area contributed by atoms with Gasteiger partial charge in [-0.05, 0) is 68.3 Å². The highest BCUT2D eigenvalue weighted by Crippen LogP contribution is 2.26. The van der Waals surface area contributed by atoms with Gasteiger partial charge in [-0.15, -0.1) is 0 Å². The molecule has 2 aromatic rings. The van der Waals surface area contributed by atoms with Crippen LogP contribution in [0.25, 0.3) is 0 Å². The number of benzene rings is 2. The molecule has 4 amide bonds. The lowest BCUT2D eigenvalue weighted by Crippen LogP contribution is -2.39. The fourth-order valence-corrected chi connectivity index (χ4v) is 4.24. The second-order valence-corrected chi connectivity index (χ2v) is 8.23. The minimum absolute atomic E-state index is 0.381. The van der Waals surface area contributed by atoms with Crippen molar-refractivity contribution >= 4 is 34.9 Å². The third-order valence-electron chi connectivity index (χ3n) is 5.98. The summed E-state index contributed by atoms with van der Waals surface area (Å²) in [5.41, 5.74) is 2.14. The summed E-state index contributed by atoms with van der Waals surface area (Å²) >= 11 is 0. The predicted octanol–water partition coefficient (Wildman–Crippen LogP) is 4.00. The Labute approximate surface area is 186 Å². The Kier molecular flexibility index (Phi) is 6.39. The molecule has 2 aromatic carbocycles. The molecule has 2 aliphatic rings. The van der Waals surface area contributed by atoms with Crippen molar-refractivity contribution in [1.82, 2.24) is 4.90 Å². The highest BCUT2D eigenvalue weighted by molar-refractivity contribution is 6.16. The van der Waals surface area contributed by atoms with Gasteiger partial charge < -0.3 is 10.2 Å². The summed E-state index contributed by atoms with van der Waals surface area (Å²) in [5, 5.41) is 2.76. The molecule has 168 valence electrons. The largest absolute Gasteiger partial charge is 0.372 e. The zero-order valence-electron chi connectivity index (χ0n) is 18.1. The quantitative estimate of drug-likeness (QED) is 0.716. The van der Waals surface area contributed by atoms with Crippen molar-refractivity contribution in [3.63, 3.8) is 0 Å². The number of nitrogens with zero attached hydrogens (tertiary/aromatic N) is 3. The number of urea groups is 1. The fourth-order valence-electron chi connectivity index (χ4n) is 4.24. The standard InChI is InChI=1S/C24H27FN4O3/c1-17-23(31)28(24(32)29(17)21-10-6-18(25)7-11-21)16-22(30)26-19-8-12-20(13-9-19)27-14-4-2-3-5-15-27/h6-13,17H,2-5,14-16H2,1H3,(H,26,30). The minimum atomic E-state index is -0.770. The van der Waals surface area contributed by atoms with E-state index in [1.165, 1.54) is 54.8 Å². The van der Waals surface area contributed by atoms with Gasteiger partial charge in [-0.3, -0.25) is 19.4 Å². The Morgan fingerprint density at radius 2 is 1.53 bits per heavy atom. The van der Waals surface area contributed by atoms with Crippen molar-refractivity contribution in [2.75, 3.05) is 34.8 Å². The fraction of sp³-hybridized carbons (Fsp3) is 0.375. The summed E-state index contributed by atoms with van der Waals surface area (Å²) in [6.45, 7) is 3.28. The number of hydrogen-bond acceptors (Lipinski definition) is 4. The maximum Gasteiger partial charge on any atom is 0.332 e. The van der Waals surface area contributed by atoms with E-state index in [2.05, 4.69) is 10.2 Å². The van der Waals surface area contributed by atoms with Crippen molar-refractivity contribution in [1.29, 1.82) is 0 Å². The number of carbonyl (C=O) groups is 3. The van der Waals surface area contributed by atoms with Crippen LogP contribution >= 0.6 is 0 Å². The third-order valence-corrected chi connectivity index (χ3v) is 5.98. The Morgan fingerprint density at radius 1 is 0.938 bits per heavy atom. The maximum atomic E-state index is 13.2. The zero-order chi connectivity index (χ0) is 22.7. The third kappa shape index (κ3) is 4.59. The van der Waals surface area contributed by atoms with E-state index in [9.17, 15) is 18.8 Å². The number of rotatable bonds is 5. The predicted molar refractivity (Wildman–Crippen MR) is 121 cm³/mol. The lowest BCUT2D eigenvalue weighted by molar-refractivity contribution is -0.130. The summed E-state index contributed by atoms with van der Waals surface area (Å²) in [4.78, 5) is 42.5. The van der Waals surface area contributed by atoms with Gasteiger partial charge in [-0.25, -0.2) is 9.18 Å². The molecule has 2 fully saturated rings. The molecular formula is C24H27FN4O3. The van der Waals surface area contributed by atoms with E-state index in [4.69, 9.17) is 0 Å². The molecule has 0 aromatic heterocycles. The monoisotopic (exact) mass is 438 g/mol. The molecule has 2 heterocycles. The summed E-state index contributed by atoms with van der Waals surface area (Å²) in [5.74, 6) is -1.36. The number of carbonyl (C=O) groups excluding carboxylic acids is 3. The first-order chi connectivity index (χ1) is 15.4. The van der Waals surface area contributed by atoms with E-state index in [1.54, 1.807) is 6.92 Å². The topological polar surface area (TPSA) is 73.0 Å². The summed E-state index contributed by atoms with van der Waals surface area (Å²) < 4.78 is 13.2. The van der Waals surface area contributed by atoms with Crippen LogP contribution in [0, 0.1) is 5.82 Å². The Balaban J connectivity index is 1.38. The molecule has 1 N–H and O–H groups in total.